The van der Waals surface area contributed by atoms with Gasteiger partial charge in [0.2, 0.25) is 5.91 Å². The van der Waals surface area contributed by atoms with Crippen LogP contribution < -0.4 is 5.32 Å². The molecule has 0 aliphatic carbocycles. The highest BCUT2D eigenvalue weighted by atomic mass is 35.5. The molecule has 1 rings (SSSR count). The number of nitrogens with one attached hydrogen (secondary N) is 1. The van der Waals surface area contributed by atoms with E-state index in [1.165, 1.54) is 0 Å². The van der Waals surface area contributed by atoms with Gasteiger partial charge in [0.15, 0.2) is 0 Å². The van der Waals surface area contributed by atoms with Crippen LogP contribution in [0, 0.1) is 12.8 Å². The Morgan fingerprint density at radius 3 is 2.75 bits per heavy atom. The maximum absolute atomic E-state index is 11.7. The van der Waals surface area contributed by atoms with Gasteiger partial charge in [0.25, 0.3) is 0 Å². The van der Waals surface area contributed by atoms with Crippen LogP contribution in [0.1, 0.15) is 32.3 Å². The molecule has 0 fully saturated rings. The zero-order chi connectivity index (χ0) is 12.1. The molecular formula is C13H18ClNO. The first kappa shape index (κ1) is 13.0. The molecule has 0 aliphatic rings. The van der Waals surface area contributed by atoms with Crippen molar-refractivity contribution in [1.82, 2.24) is 0 Å². The summed E-state index contributed by atoms with van der Waals surface area (Å²) in [6.07, 6.45) is 1.93. The van der Waals surface area contributed by atoms with Gasteiger partial charge in [-0.1, -0.05) is 37.9 Å². The molecule has 0 spiro atoms. The molecule has 0 aromatic heterocycles. The number of carbonyl (C=O) groups excluding carboxylic acids is 1. The third-order valence-corrected chi connectivity index (χ3v) is 3.02. The molecule has 2 nitrogen and oxygen atoms in total. The molecule has 16 heavy (non-hydrogen) atoms. The van der Waals surface area contributed by atoms with Crippen molar-refractivity contribution in [2.24, 2.45) is 5.92 Å². The number of hydrogen-bond donors (Lipinski definition) is 1. The van der Waals surface area contributed by atoms with Gasteiger partial charge in [-0.3, -0.25) is 4.79 Å². The Balaban J connectivity index is 2.66. The molecule has 0 bridgehead atoms. The van der Waals surface area contributed by atoms with Crippen molar-refractivity contribution in [3.63, 3.8) is 0 Å². The lowest BCUT2D eigenvalue weighted by Gasteiger charge is -2.11. The molecule has 1 aromatic carbocycles. The monoisotopic (exact) mass is 239 g/mol. The summed E-state index contributed by atoms with van der Waals surface area (Å²) in [4.78, 5) is 11.7. The van der Waals surface area contributed by atoms with E-state index in [4.69, 9.17) is 11.6 Å². The Labute approximate surface area is 102 Å². The first-order valence-electron chi connectivity index (χ1n) is 5.61. The molecule has 0 unspecified atom stereocenters. The molecule has 1 N–H and O–H groups in total. The molecule has 0 heterocycles. The van der Waals surface area contributed by atoms with Crippen molar-refractivity contribution in [2.75, 3.05) is 5.32 Å². The molecule has 88 valence electrons. The van der Waals surface area contributed by atoms with Crippen molar-refractivity contribution in [3.8, 4) is 0 Å². The summed E-state index contributed by atoms with van der Waals surface area (Å²) < 4.78 is 0. The van der Waals surface area contributed by atoms with Crippen molar-refractivity contribution < 1.29 is 4.79 Å². The van der Waals surface area contributed by atoms with Crippen LogP contribution in [-0.4, -0.2) is 5.91 Å². The third-order valence-electron chi connectivity index (χ3n) is 2.61. The minimum atomic E-state index is 0.0464. The van der Waals surface area contributed by atoms with Gasteiger partial charge < -0.3 is 5.32 Å². The van der Waals surface area contributed by atoms with Gasteiger partial charge >= 0.3 is 0 Å². The van der Waals surface area contributed by atoms with E-state index in [1.54, 1.807) is 6.07 Å². The maximum Gasteiger partial charge on any atom is 0.227 e. The van der Waals surface area contributed by atoms with Crippen LogP contribution in [-0.2, 0) is 4.79 Å². The van der Waals surface area contributed by atoms with Gasteiger partial charge in [-0.2, -0.15) is 0 Å². The standard InChI is InChI=1S/C13H18ClNO/c1-4-5-10(3)13(16)15-11-7-6-9(2)12(14)8-11/h6-8,10H,4-5H2,1-3H3,(H,15,16)/t10-/m0/s1. The van der Waals surface area contributed by atoms with Crippen LogP contribution in [0.15, 0.2) is 18.2 Å². The number of aryl methyl sites for hydroxylation is 1. The molecule has 0 saturated heterocycles. The van der Waals surface area contributed by atoms with Crippen LogP contribution in [0.2, 0.25) is 5.02 Å². The fourth-order valence-electron chi connectivity index (χ4n) is 1.50. The minimum Gasteiger partial charge on any atom is -0.326 e. The number of benzene rings is 1. The van der Waals surface area contributed by atoms with E-state index in [0.29, 0.717) is 5.02 Å². The predicted molar refractivity (Wildman–Crippen MR) is 68.9 cm³/mol. The van der Waals surface area contributed by atoms with Gasteiger partial charge in [0.1, 0.15) is 0 Å². The largest absolute Gasteiger partial charge is 0.326 e. The fraction of sp³-hybridized carbons (Fsp3) is 0.462. The molecular weight excluding hydrogens is 222 g/mol. The van der Waals surface area contributed by atoms with Crippen LogP contribution >= 0.6 is 11.6 Å². The summed E-state index contributed by atoms with van der Waals surface area (Å²) >= 11 is 5.99. The number of amides is 1. The topological polar surface area (TPSA) is 29.1 Å². The summed E-state index contributed by atoms with van der Waals surface area (Å²) in [5, 5.41) is 3.55. The smallest absolute Gasteiger partial charge is 0.227 e. The second-order valence-corrected chi connectivity index (χ2v) is 4.55. The van der Waals surface area contributed by atoms with E-state index < -0.39 is 0 Å². The predicted octanol–water partition coefficient (Wildman–Crippen LogP) is 4.02. The average molecular weight is 240 g/mol. The van der Waals surface area contributed by atoms with E-state index in [9.17, 15) is 4.79 Å². The normalized spacial score (nSPS) is 12.2. The number of halogens is 1. The highest BCUT2D eigenvalue weighted by molar-refractivity contribution is 6.31. The second-order valence-electron chi connectivity index (χ2n) is 4.14. The van der Waals surface area contributed by atoms with Gasteiger partial charge in [0, 0.05) is 16.6 Å². The lowest BCUT2D eigenvalue weighted by Crippen LogP contribution is -2.20. The SMILES string of the molecule is CCC[C@H](C)C(=O)Nc1ccc(C)c(Cl)c1. The van der Waals surface area contributed by atoms with Crippen molar-refractivity contribution in [3.05, 3.63) is 28.8 Å². The first-order chi connectivity index (χ1) is 7.54. The third kappa shape index (κ3) is 3.53. The Hall–Kier alpha value is -1.02. The van der Waals surface area contributed by atoms with Gasteiger partial charge in [0.05, 0.1) is 0 Å². The van der Waals surface area contributed by atoms with E-state index in [1.807, 2.05) is 26.0 Å². The summed E-state index contributed by atoms with van der Waals surface area (Å²) in [6.45, 7) is 5.95. The summed E-state index contributed by atoms with van der Waals surface area (Å²) in [7, 11) is 0. The molecule has 0 saturated carbocycles. The fourth-order valence-corrected chi connectivity index (χ4v) is 1.68. The van der Waals surface area contributed by atoms with Gasteiger partial charge in [-0.15, -0.1) is 0 Å². The lowest BCUT2D eigenvalue weighted by atomic mass is 10.1. The minimum absolute atomic E-state index is 0.0464. The van der Waals surface area contributed by atoms with Crippen molar-refractivity contribution >= 4 is 23.2 Å². The molecule has 0 aliphatic heterocycles. The first-order valence-corrected chi connectivity index (χ1v) is 5.99. The Kier molecular flexibility index (Phi) is 4.81. The summed E-state index contributed by atoms with van der Waals surface area (Å²) in [5.74, 6) is 0.104. The lowest BCUT2D eigenvalue weighted by molar-refractivity contribution is -0.119. The molecule has 1 atom stereocenters. The van der Waals surface area contributed by atoms with Crippen LogP contribution in [0.5, 0.6) is 0 Å². The molecule has 0 radical (unpaired) electrons. The number of anilines is 1. The number of hydrogen-bond acceptors (Lipinski definition) is 1. The molecule has 1 amide bonds. The Bertz CT molecular complexity index is 376. The van der Waals surface area contributed by atoms with Crippen LogP contribution in [0.25, 0.3) is 0 Å². The summed E-state index contributed by atoms with van der Waals surface area (Å²) in [6, 6.07) is 5.56. The van der Waals surface area contributed by atoms with Crippen LogP contribution in [0.4, 0.5) is 5.69 Å². The van der Waals surface area contributed by atoms with E-state index in [0.717, 1.165) is 24.1 Å². The highest BCUT2D eigenvalue weighted by Gasteiger charge is 2.11. The average Bonchev–Trinajstić information content (AvgIpc) is 2.24. The number of rotatable bonds is 4. The van der Waals surface area contributed by atoms with E-state index in [2.05, 4.69) is 12.2 Å². The van der Waals surface area contributed by atoms with E-state index in [-0.39, 0.29) is 11.8 Å². The molecule has 1 aromatic rings. The van der Waals surface area contributed by atoms with Crippen molar-refractivity contribution in [1.29, 1.82) is 0 Å². The second kappa shape index (κ2) is 5.90. The molecule has 3 heteroatoms. The van der Waals surface area contributed by atoms with Crippen molar-refractivity contribution in [2.45, 2.75) is 33.6 Å². The zero-order valence-electron chi connectivity index (χ0n) is 10.0. The summed E-state index contributed by atoms with van der Waals surface area (Å²) in [5.41, 5.74) is 1.78. The quantitative estimate of drug-likeness (QED) is 0.845. The zero-order valence-corrected chi connectivity index (χ0v) is 10.8. The van der Waals surface area contributed by atoms with Crippen LogP contribution in [0.3, 0.4) is 0 Å². The van der Waals surface area contributed by atoms with Gasteiger partial charge in [-0.25, -0.2) is 0 Å². The van der Waals surface area contributed by atoms with E-state index >= 15 is 0 Å². The highest BCUT2D eigenvalue weighted by Crippen LogP contribution is 2.20. The Morgan fingerprint density at radius 2 is 2.19 bits per heavy atom. The number of carbonyl (C=O) groups is 1. The van der Waals surface area contributed by atoms with Gasteiger partial charge in [-0.05, 0) is 31.0 Å². The Morgan fingerprint density at radius 1 is 1.50 bits per heavy atom. The maximum atomic E-state index is 11.7.